The number of nitrogens with one attached hydrogen (secondary N) is 1. The molecule has 1 aliphatic heterocycles. The van der Waals surface area contributed by atoms with E-state index in [1.54, 1.807) is 0 Å². The summed E-state index contributed by atoms with van der Waals surface area (Å²) in [6, 6.07) is 0.750. The molecule has 4 atom stereocenters. The quantitative estimate of drug-likeness (QED) is 0.807. The number of rotatable bonds is 5. The van der Waals surface area contributed by atoms with E-state index in [0.29, 0.717) is 11.5 Å². The Morgan fingerprint density at radius 3 is 2.50 bits per heavy atom. The molecule has 1 N–H and O–H groups in total. The van der Waals surface area contributed by atoms with Crippen molar-refractivity contribution >= 4 is 0 Å². The molecule has 1 aliphatic carbocycles. The van der Waals surface area contributed by atoms with Gasteiger partial charge in [0.1, 0.15) is 0 Å². The second-order valence-electron chi connectivity index (χ2n) is 8.01. The average Bonchev–Trinajstić information content (AvgIpc) is 2.89. The van der Waals surface area contributed by atoms with Crippen LogP contribution < -0.4 is 5.32 Å². The van der Waals surface area contributed by atoms with Crippen LogP contribution in [0.25, 0.3) is 0 Å². The minimum Gasteiger partial charge on any atom is -0.378 e. The molecule has 0 amide bonds. The topological polar surface area (TPSA) is 21.3 Å². The molecule has 0 aromatic rings. The van der Waals surface area contributed by atoms with E-state index in [0.717, 1.165) is 31.0 Å². The van der Waals surface area contributed by atoms with Crippen LogP contribution in [-0.2, 0) is 4.74 Å². The highest BCUT2D eigenvalue weighted by Crippen LogP contribution is 2.42. The zero-order valence-corrected chi connectivity index (χ0v) is 14.1. The van der Waals surface area contributed by atoms with E-state index in [1.807, 2.05) is 0 Å². The fourth-order valence-electron chi connectivity index (χ4n) is 4.17. The number of ether oxygens (including phenoxy) is 1. The van der Waals surface area contributed by atoms with Crippen molar-refractivity contribution in [3.8, 4) is 0 Å². The first kappa shape index (κ1) is 16.3. The highest BCUT2D eigenvalue weighted by atomic mass is 16.5. The van der Waals surface area contributed by atoms with Crippen LogP contribution in [0.5, 0.6) is 0 Å². The Labute approximate surface area is 126 Å². The summed E-state index contributed by atoms with van der Waals surface area (Å²) in [6.07, 6.45) is 9.94. The lowest BCUT2D eigenvalue weighted by molar-refractivity contribution is 0.0752. The van der Waals surface area contributed by atoms with Crippen LogP contribution in [-0.4, -0.2) is 25.3 Å². The zero-order valence-electron chi connectivity index (χ0n) is 14.1. The maximum Gasteiger partial charge on any atom is 0.0576 e. The van der Waals surface area contributed by atoms with Crippen LogP contribution in [0, 0.1) is 17.3 Å². The summed E-state index contributed by atoms with van der Waals surface area (Å²) in [4.78, 5) is 0. The zero-order chi connectivity index (χ0) is 14.6. The average molecular weight is 281 g/mol. The van der Waals surface area contributed by atoms with Crippen LogP contribution in [0.1, 0.15) is 72.6 Å². The van der Waals surface area contributed by atoms with E-state index >= 15 is 0 Å². The number of hydrogen-bond donors (Lipinski definition) is 1. The fraction of sp³-hybridized carbons (Fsp3) is 1.00. The highest BCUT2D eigenvalue weighted by Gasteiger charge is 2.35. The van der Waals surface area contributed by atoms with Gasteiger partial charge >= 0.3 is 0 Å². The summed E-state index contributed by atoms with van der Waals surface area (Å²) in [5.41, 5.74) is 0.472. The second kappa shape index (κ2) is 7.26. The van der Waals surface area contributed by atoms with Gasteiger partial charge in [-0.3, -0.25) is 0 Å². The molecule has 1 saturated heterocycles. The molecule has 2 rings (SSSR count). The maximum absolute atomic E-state index is 5.81. The SMILES string of the molecule is CCNC1CCC(C(C)(C)C)CC1CCC1CCCO1. The van der Waals surface area contributed by atoms with Gasteiger partial charge in [0.25, 0.3) is 0 Å². The lowest BCUT2D eigenvalue weighted by Crippen LogP contribution is -2.43. The molecular weight excluding hydrogens is 246 g/mol. The van der Waals surface area contributed by atoms with E-state index in [1.165, 1.54) is 44.9 Å². The minimum absolute atomic E-state index is 0.472. The van der Waals surface area contributed by atoms with E-state index < -0.39 is 0 Å². The molecule has 2 heteroatoms. The molecule has 0 aromatic heterocycles. The van der Waals surface area contributed by atoms with Crippen LogP contribution in [0.2, 0.25) is 0 Å². The molecule has 118 valence electrons. The van der Waals surface area contributed by atoms with Gasteiger partial charge in [-0.2, -0.15) is 0 Å². The van der Waals surface area contributed by atoms with E-state index in [-0.39, 0.29) is 0 Å². The second-order valence-corrected chi connectivity index (χ2v) is 8.01. The third-order valence-electron chi connectivity index (χ3n) is 5.56. The summed E-state index contributed by atoms with van der Waals surface area (Å²) >= 11 is 0. The van der Waals surface area contributed by atoms with Gasteiger partial charge in [0.15, 0.2) is 0 Å². The van der Waals surface area contributed by atoms with Crippen LogP contribution in [0.3, 0.4) is 0 Å². The first-order valence-corrected chi connectivity index (χ1v) is 8.85. The first-order chi connectivity index (χ1) is 9.50. The van der Waals surface area contributed by atoms with Crippen molar-refractivity contribution in [1.82, 2.24) is 5.32 Å². The van der Waals surface area contributed by atoms with Crippen molar-refractivity contribution < 1.29 is 4.74 Å². The molecule has 20 heavy (non-hydrogen) atoms. The molecule has 0 aromatic carbocycles. The Balaban J connectivity index is 1.88. The molecule has 1 saturated carbocycles. The Morgan fingerprint density at radius 2 is 1.90 bits per heavy atom. The normalized spacial score (nSPS) is 35.4. The molecule has 2 nitrogen and oxygen atoms in total. The summed E-state index contributed by atoms with van der Waals surface area (Å²) in [6.45, 7) is 11.6. The molecule has 0 bridgehead atoms. The molecule has 1 heterocycles. The van der Waals surface area contributed by atoms with Gasteiger partial charge < -0.3 is 10.1 Å². The van der Waals surface area contributed by atoms with Crippen molar-refractivity contribution in [2.45, 2.75) is 84.8 Å². The lowest BCUT2D eigenvalue weighted by Gasteiger charge is -2.42. The minimum atomic E-state index is 0.472. The molecule has 2 aliphatic rings. The van der Waals surface area contributed by atoms with Crippen molar-refractivity contribution in [3.05, 3.63) is 0 Å². The largest absolute Gasteiger partial charge is 0.378 e. The van der Waals surface area contributed by atoms with Gasteiger partial charge in [0.05, 0.1) is 6.10 Å². The van der Waals surface area contributed by atoms with Crippen molar-refractivity contribution in [3.63, 3.8) is 0 Å². The van der Waals surface area contributed by atoms with Crippen LogP contribution >= 0.6 is 0 Å². The van der Waals surface area contributed by atoms with E-state index in [9.17, 15) is 0 Å². The Bertz CT molecular complexity index is 278. The van der Waals surface area contributed by atoms with Gasteiger partial charge in [0.2, 0.25) is 0 Å². The Morgan fingerprint density at radius 1 is 1.10 bits per heavy atom. The van der Waals surface area contributed by atoms with Crippen molar-refractivity contribution in [2.75, 3.05) is 13.2 Å². The van der Waals surface area contributed by atoms with E-state index in [2.05, 4.69) is 33.0 Å². The summed E-state index contributed by atoms with van der Waals surface area (Å²) < 4.78 is 5.81. The van der Waals surface area contributed by atoms with E-state index in [4.69, 9.17) is 4.74 Å². The maximum atomic E-state index is 5.81. The molecule has 4 unspecified atom stereocenters. The molecular formula is C18H35NO. The summed E-state index contributed by atoms with van der Waals surface area (Å²) in [5, 5.41) is 3.74. The third-order valence-corrected chi connectivity index (χ3v) is 5.56. The molecule has 2 fully saturated rings. The van der Waals surface area contributed by atoms with Crippen molar-refractivity contribution in [2.24, 2.45) is 17.3 Å². The highest BCUT2D eigenvalue weighted by molar-refractivity contribution is 4.89. The summed E-state index contributed by atoms with van der Waals surface area (Å²) in [7, 11) is 0. The monoisotopic (exact) mass is 281 g/mol. The number of hydrogen-bond acceptors (Lipinski definition) is 2. The van der Waals surface area contributed by atoms with Crippen LogP contribution in [0.15, 0.2) is 0 Å². The van der Waals surface area contributed by atoms with Gasteiger partial charge in [-0.1, -0.05) is 27.7 Å². The summed E-state index contributed by atoms with van der Waals surface area (Å²) in [5.74, 6) is 1.75. The lowest BCUT2D eigenvalue weighted by atomic mass is 9.66. The van der Waals surface area contributed by atoms with Gasteiger partial charge in [-0.05, 0) is 68.7 Å². The fourth-order valence-corrected chi connectivity index (χ4v) is 4.17. The Kier molecular flexibility index (Phi) is 5.92. The van der Waals surface area contributed by atoms with Gasteiger partial charge in [-0.25, -0.2) is 0 Å². The first-order valence-electron chi connectivity index (χ1n) is 8.85. The van der Waals surface area contributed by atoms with Crippen molar-refractivity contribution in [1.29, 1.82) is 0 Å². The standard InChI is InChI=1S/C18H35NO/c1-5-19-17-11-9-15(18(2,3)4)13-14(17)8-10-16-7-6-12-20-16/h14-17,19H,5-13H2,1-4H3. The molecule has 0 spiro atoms. The third kappa shape index (κ3) is 4.46. The molecule has 0 radical (unpaired) electrons. The predicted octanol–water partition coefficient (Wildman–Crippen LogP) is 4.39. The smallest absolute Gasteiger partial charge is 0.0576 e. The Hall–Kier alpha value is -0.0800. The van der Waals surface area contributed by atoms with Crippen LogP contribution in [0.4, 0.5) is 0 Å². The predicted molar refractivity (Wildman–Crippen MR) is 86.0 cm³/mol. The van der Waals surface area contributed by atoms with Gasteiger partial charge in [0, 0.05) is 12.6 Å². The van der Waals surface area contributed by atoms with Gasteiger partial charge in [-0.15, -0.1) is 0 Å².